The van der Waals surface area contributed by atoms with Gasteiger partial charge in [0.1, 0.15) is 6.17 Å². The first kappa shape index (κ1) is 20.6. The zero-order valence-corrected chi connectivity index (χ0v) is 18.4. The molecule has 0 unspecified atom stereocenters. The Hall–Kier alpha value is -2.14. The third-order valence-corrected chi connectivity index (χ3v) is 5.70. The van der Waals surface area contributed by atoms with Gasteiger partial charge < -0.3 is 9.80 Å². The molecule has 0 spiro atoms. The monoisotopic (exact) mass is 442 g/mol. The highest BCUT2D eigenvalue weighted by molar-refractivity contribution is 9.10. The fourth-order valence-corrected chi connectivity index (χ4v) is 4.57. The average Bonchev–Trinajstić information content (AvgIpc) is 2.64. The molecule has 0 radical (unpaired) electrons. The van der Waals surface area contributed by atoms with Gasteiger partial charge in [-0.05, 0) is 36.2 Å². The van der Waals surface area contributed by atoms with Crippen LogP contribution in [0.1, 0.15) is 36.7 Å². The standard InChI is InChI=1S/C23H27BrN2O2/c1-23(2,3)22-25(4)20(27)18(13-16-9-8-12-19(24)14-16)15-26(22)21(28)17-10-6-5-7-11-17/h5-12,14,18,22H,13,15H2,1-4H3/t18-,22+/m1/s1. The zero-order chi connectivity index (χ0) is 20.5. The van der Waals surface area contributed by atoms with E-state index >= 15 is 0 Å². The minimum Gasteiger partial charge on any atom is -0.324 e. The predicted octanol–water partition coefficient (Wildman–Crippen LogP) is 4.59. The Morgan fingerprint density at radius 2 is 1.79 bits per heavy atom. The summed E-state index contributed by atoms with van der Waals surface area (Å²) in [6, 6.07) is 17.3. The highest BCUT2D eigenvalue weighted by Crippen LogP contribution is 2.34. The molecule has 28 heavy (non-hydrogen) atoms. The second-order valence-corrected chi connectivity index (χ2v) is 9.46. The number of hydrogen-bond acceptors (Lipinski definition) is 2. The Balaban J connectivity index is 1.94. The molecule has 1 aliphatic heterocycles. The summed E-state index contributed by atoms with van der Waals surface area (Å²) in [5.41, 5.74) is 1.48. The molecule has 0 bridgehead atoms. The van der Waals surface area contributed by atoms with E-state index in [0.29, 0.717) is 18.5 Å². The van der Waals surface area contributed by atoms with Gasteiger partial charge in [-0.15, -0.1) is 0 Å². The molecule has 1 saturated heterocycles. The molecule has 1 fully saturated rings. The van der Waals surface area contributed by atoms with E-state index in [2.05, 4.69) is 36.7 Å². The van der Waals surface area contributed by atoms with Crippen molar-refractivity contribution in [3.63, 3.8) is 0 Å². The van der Waals surface area contributed by atoms with Crippen LogP contribution in [-0.2, 0) is 11.2 Å². The topological polar surface area (TPSA) is 40.6 Å². The molecule has 2 aromatic carbocycles. The van der Waals surface area contributed by atoms with Crippen LogP contribution in [0.15, 0.2) is 59.1 Å². The van der Waals surface area contributed by atoms with Crippen LogP contribution < -0.4 is 0 Å². The molecule has 3 rings (SSSR count). The van der Waals surface area contributed by atoms with E-state index in [0.717, 1.165) is 10.0 Å². The van der Waals surface area contributed by atoms with Crippen molar-refractivity contribution in [3.8, 4) is 0 Å². The third kappa shape index (κ3) is 4.30. The van der Waals surface area contributed by atoms with Crippen LogP contribution >= 0.6 is 15.9 Å². The number of nitrogens with zero attached hydrogens (tertiary/aromatic N) is 2. The average molecular weight is 443 g/mol. The van der Waals surface area contributed by atoms with Crippen molar-refractivity contribution in [2.24, 2.45) is 11.3 Å². The molecule has 5 heteroatoms. The molecule has 0 aliphatic carbocycles. The number of benzene rings is 2. The van der Waals surface area contributed by atoms with Crippen LogP contribution in [0.5, 0.6) is 0 Å². The second kappa shape index (κ2) is 8.08. The number of halogens is 1. The van der Waals surface area contributed by atoms with Gasteiger partial charge >= 0.3 is 0 Å². The minimum atomic E-state index is -0.286. The number of carbonyl (C=O) groups is 2. The summed E-state index contributed by atoms with van der Waals surface area (Å²) in [6.07, 6.45) is 0.323. The maximum atomic E-state index is 13.3. The highest BCUT2D eigenvalue weighted by atomic mass is 79.9. The molecule has 4 nitrogen and oxygen atoms in total. The van der Waals surface area contributed by atoms with Gasteiger partial charge in [0.2, 0.25) is 5.91 Å². The van der Waals surface area contributed by atoms with Crippen LogP contribution in [0.4, 0.5) is 0 Å². The molecule has 2 aromatic rings. The lowest BCUT2D eigenvalue weighted by atomic mass is 9.85. The Bertz CT molecular complexity index is 860. The van der Waals surface area contributed by atoms with Crippen LogP contribution in [-0.4, -0.2) is 41.4 Å². The molecule has 2 amide bonds. The second-order valence-electron chi connectivity index (χ2n) is 8.54. The molecule has 0 aromatic heterocycles. The van der Waals surface area contributed by atoms with E-state index in [-0.39, 0.29) is 29.3 Å². The molecule has 2 atom stereocenters. The first-order valence-electron chi connectivity index (χ1n) is 9.55. The van der Waals surface area contributed by atoms with Gasteiger partial charge in [0.15, 0.2) is 0 Å². The first-order valence-corrected chi connectivity index (χ1v) is 10.3. The van der Waals surface area contributed by atoms with Crippen LogP contribution in [0.2, 0.25) is 0 Å². The Morgan fingerprint density at radius 3 is 2.39 bits per heavy atom. The van der Waals surface area contributed by atoms with E-state index in [1.165, 1.54) is 0 Å². The third-order valence-electron chi connectivity index (χ3n) is 5.20. The van der Waals surface area contributed by atoms with E-state index in [9.17, 15) is 9.59 Å². The fourth-order valence-electron chi connectivity index (χ4n) is 4.12. The summed E-state index contributed by atoms with van der Waals surface area (Å²) in [4.78, 5) is 30.1. The van der Waals surface area contributed by atoms with Crippen LogP contribution in [0.3, 0.4) is 0 Å². The largest absolute Gasteiger partial charge is 0.324 e. The Labute approximate surface area is 175 Å². The van der Waals surface area contributed by atoms with Crippen molar-refractivity contribution >= 4 is 27.7 Å². The smallest absolute Gasteiger partial charge is 0.255 e. The number of hydrogen-bond donors (Lipinski definition) is 0. The van der Waals surface area contributed by atoms with Gasteiger partial charge in [0.05, 0.1) is 5.92 Å². The first-order chi connectivity index (χ1) is 13.2. The molecule has 0 N–H and O–H groups in total. The van der Waals surface area contributed by atoms with Gasteiger partial charge in [-0.2, -0.15) is 0 Å². The van der Waals surface area contributed by atoms with E-state index in [1.54, 1.807) is 4.90 Å². The van der Waals surface area contributed by atoms with Crippen molar-refractivity contribution in [1.29, 1.82) is 0 Å². The van der Waals surface area contributed by atoms with E-state index < -0.39 is 0 Å². The Kier molecular flexibility index (Phi) is 5.94. The molecular weight excluding hydrogens is 416 g/mol. The summed E-state index contributed by atoms with van der Waals surface area (Å²) in [6.45, 7) is 6.63. The summed E-state index contributed by atoms with van der Waals surface area (Å²) >= 11 is 3.50. The summed E-state index contributed by atoms with van der Waals surface area (Å²) in [5, 5.41) is 0. The summed E-state index contributed by atoms with van der Waals surface area (Å²) in [5.74, 6) is -0.193. The van der Waals surface area contributed by atoms with Crippen molar-refractivity contribution in [2.75, 3.05) is 13.6 Å². The zero-order valence-electron chi connectivity index (χ0n) is 16.9. The molecule has 1 heterocycles. The van der Waals surface area contributed by atoms with Gasteiger partial charge in [-0.25, -0.2) is 0 Å². The van der Waals surface area contributed by atoms with Gasteiger partial charge in [0.25, 0.3) is 5.91 Å². The van der Waals surface area contributed by atoms with Crippen molar-refractivity contribution in [3.05, 3.63) is 70.2 Å². The van der Waals surface area contributed by atoms with E-state index in [4.69, 9.17) is 0 Å². The summed E-state index contributed by atoms with van der Waals surface area (Å²) < 4.78 is 0.992. The van der Waals surface area contributed by atoms with Crippen LogP contribution in [0.25, 0.3) is 0 Å². The van der Waals surface area contributed by atoms with Gasteiger partial charge in [0, 0.05) is 29.0 Å². The predicted molar refractivity (Wildman–Crippen MR) is 115 cm³/mol. The quantitative estimate of drug-likeness (QED) is 0.696. The maximum absolute atomic E-state index is 13.3. The SMILES string of the molecule is CN1C(=O)[C@H](Cc2cccc(Br)c2)CN(C(=O)c2ccccc2)[C@H]1C(C)(C)C. The molecule has 1 aliphatic rings. The van der Waals surface area contributed by atoms with E-state index in [1.807, 2.05) is 66.5 Å². The van der Waals surface area contributed by atoms with Crippen LogP contribution in [0, 0.1) is 11.3 Å². The molecule has 0 saturated carbocycles. The highest BCUT2D eigenvalue weighted by Gasteiger charge is 2.45. The normalized spacial score (nSPS) is 20.4. The Morgan fingerprint density at radius 1 is 1.11 bits per heavy atom. The van der Waals surface area contributed by atoms with Crippen molar-refractivity contribution in [1.82, 2.24) is 9.80 Å². The number of rotatable bonds is 3. The van der Waals surface area contributed by atoms with Crippen molar-refractivity contribution in [2.45, 2.75) is 33.4 Å². The molecule has 148 valence electrons. The van der Waals surface area contributed by atoms with Crippen molar-refractivity contribution < 1.29 is 9.59 Å². The molecular formula is C23H27BrN2O2. The minimum absolute atomic E-state index is 0.0286. The lowest BCUT2D eigenvalue weighted by Gasteiger charge is -2.50. The number of carbonyl (C=O) groups excluding carboxylic acids is 2. The lowest BCUT2D eigenvalue weighted by molar-refractivity contribution is -0.152. The van der Waals surface area contributed by atoms with Gasteiger partial charge in [-0.1, -0.05) is 67.0 Å². The lowest BCUT2D eigenvalue weighted by Crippen LogP contribution is -2.64. The number of amides is 2. The van der Waals surface area contributed by atoms with Gasteiger partial charge in [-0.3, -0.25) is 9.59 Å². The maximum Gasteiger partial charge on any atom is 0.255 e. The fraction of sp³-hybridized carbons (Fsp3) is 0.391. The summed E-state index contributed by atoms with van der Waals surface area (Å²) in [7, 11) is 1.82.